The molecule has 0 aromatic carbocycles. The molecule has 3 heteroatoms. The molecule has 0 bridgehead atoms. The minimum Gasteiger partial charge on any atom is -0.349 e. The van der Waals surface area contributed by atoms with Gasteiger partial charge in [-0.05, 0) is 19.4 Å². The van der Waals surface area contributed by atoms with Crippen molar-refractivity contribution in [3.05, 3.63) is 0 Å². The zero-order valence-corrected chi connectivity index (χ0v) is 17.5. The van der Waals surface area contributed by atoms with E-state index in [1.807, 2.05) is 14.1 Å². The number of hydrogen-bond donors (Lipinski definition) is 1. The first-order valence-corrected chi connectivity index (χ1v) is 11.0. The molecule has 0 aliphatic carbocycles. The molecular formula is C22H46N2O. The lowest BCUT2D eigenvalue weighted by Gasteiger charge is -2.19. The Morgan fingerprint density at radius 1 is 0.720 bits per heavy atom. The minimum absolute atomic E-state index is 0.136. The molecule has 1 atom stereocenters. The van der Waals surface area contributed by atoms with Crippen LogP contribution >= 0.6 is 0 Å². The standard InChI is InChI=1S/C22H46N2O/c1-4-5-6-7-8-9-10-11-12-13-14-15-16-17-18-21(19-20-23)22(25)24(2)3/h21H,4-20,23H2,1-3H3. The van der Waals surface area contributed by atoms with E-state index in [9.17, 15) is 4.79 Å². The van der Waals surface area contributed by atoms with Crippen LogP contribution in [0.2, 0.25) is 0 Å². The normalized spacial score (nSPS) is 12.3. The van der Waals surface area contributed by atoms with Crippen LogP contribution in [0.4, 0.5) is 0 Å². The maximum Gasteiger partial charge on any atom is 0.225 e. The van der Waals surface area contributed by atoms with Gasteiger partial charge >= 0.3 is 0 Å². The summed E-state index contributed by atoms with van der Waals surface area (Å²) in [4.78, 5) is 13.8. The second kappa shape index (κ2) is 18.2. The van der Waals surface area contributed by atoms with Gasteiger partial charge in [-0.2, -0.15) is 0 Å². The molecule has 150 valence electrons. The summed E-state index contributed by atoms with van der Waals surface area (Å²) >= 11 is 0. The molecule has 2 N–H and O–H groups in total. The van der Waals surface area contributed by atoms with Crippen LogP contribution in [0.15, 0.2) is 0 Å². The van der Waals surface area contributed by atoms with Crippen molar-refractivity contribution in [1.82, 2.24) is 4.90 Å². The van der Waals surface area contributed by atoms with Gasteiger partial charge in [-0.15, -0.1) is 0 Å². The lowest BCUT2D eigenvalue weighted by atomic mass is 9.95. The molecule has 0 aromatic heterocycles. The third-order valence-corrected chi connectivity index (χ3v) is 5.21. The van der Waals surface area contributed by atoms with Crippen LogP contribution in [0.3, 0.4) is 0 Å². The fourth-order valence-electron chi connectivity index (χ4n) is 3.54. The van der Waals surface area contributed by atoms with Gasteiger partial charge in [0.2, 0.25) is 5.91 Å². The van der Waals surface area contributed by atoms with Crippen LogP contribution in [-0.4, -0.2) is 31.4 Å². The number of rotatable bonds is 18. The fraction of sp³-hybridized carbons (Fsp3) is 0.955. The lowest BCUT2D eigenvalue weighted by Crippen LogP contribution is -2.31. The number of hydrogen-bond acceptors (Lipinski definition) is 2. The van der Waals surface area contributed by atoms with Crippen LogP contribution in [0.25, 0.3) is 0 Å². The van der Waals surface area contributed by atoms with E-state index in [0.717, 1.165) is 12.8 Å². The smallest absolute Gasteiger partial charge is 0.225 e. The zero-order valence-electron chi connectivity index (χ0n) is 17.5. The molecule has 0 rings (SSSR count). The van der Waals surface area contributed by atoms with Gasteiger partial charge in [0.05, 0.1) is 0 Å². The predicted octanol–water partition coefficient (Wildman–Crippen LogP) is 5.91. The van der Waals surface area contributed by atoms with Gasteiger partial charge in [0.25, 0.3) is 0 Å². The monoisotopic (exact) mass is 354 g/mol. The van der Waals surface area contributed by atoms with Crippen LogP contribution in [0.5, 0.6) is 0 Å². The maximum atomic E-state index is 12.1. The Bertz CT molecular complexity index is 292. The van der Waals surface area contributed by atoms with Crippen LogP contribution in [-0.2, 0) is 4.79 Å². The Balaban J connectivity index is 3.38. The molecule has 0 fully saturated rings. The molecule has 0 radical (unpaired) electrons. The summed E-state index contributed by atoms with van der Waals surface area (Å²) in [5, 5.41) is 0. The summed E-state index contributed by atoms with van der Waals surface area (Å²) in [6, 6.07) is 0. The Kier molecular flexibility index (Phi) is 17.8. The quantitative estimate of drug-likeness (QED) is 0.311. The lowest BCUT2D eigenvalue weighted by molar-refractivity contribution is -0.133. The number of nitrogens with zero attached hydrogens (tertiary/aromatic N) is 1. The van der Waals surface area contributed by atoms with E-state index in [4.69, 9.17) is 5.73 Å². The second-order valence-electron chi connectivity index (χ2n) is 7.89. The van der Waals surface area contributed by atoms with Crippen molar-refractivity contribution >= 4 is 5.91 Å². The predicted molar refractivity (Wildman–Crippen MR) is 111 cm³/mol. The van der Waals surface area contributed by atoms with Gasteiger partial charge in [-0.25, -0.2) is 0 Å². The highest BCUT2D eigenvalue weighted by molar-refractivity contribution is 5.78. The highest BCUT2D eigenvalue weighted by atomic mass is 16.2. The third-order valence-electron chi connectivity index (χ3n) is 5.21. The molecule has 25 heavy (non-hydrogen) atoms. The van der Waals surface area contributed by atoms with Crippen LogP contribution < -0.4 is 5.73 Å². The summed E-state index contributed by atoms with van der Waals surface area (Å²) in [7, 11) is 3.69. The SMILES string of the molecule is CCCCCCCCCCCCCCCCC(CCN)C(=O)N(C)C. The Labute approximate surface area is 158 Å². The molecule has 0 aromatic rings. The number of unbranched alkanes of at least 4 members (excludes halogenated alkanes) is 13. The molecule has 1 amide bonds. The van der Waals surface area contributed by atoms with Crippen molar-refractivity contribution in [3.63, 3.8) is 0 Å². The van der Waals surface area contributed by atoms with E-state index in [-0.39, 0.29) is 11.8 Å². The van der Waals surface area contributed by atoms with Gasteiger partial charge in [0, 0.05) is 20.0 Å². The molecular weight excluding hydrogens is 308 g/mol. The summed E-state index contributed by atoms with van der Waals surface area (Å²) in [5.74, 6) is 0.387. The third kappa shape index (κ3) is 15.4. The molecule has 0 aliphatic heterocycles. The van der Waals surface area contributed by atoms with Crippen molar-refractivity contribution in [3.8, 4) is 0 Å². The van der Waals surface area contributed by atoms with E-state index >= 15 is 0 Å². The molecule has 1 unspecified atom stereocenters. The number of carbonyl (C=O) groups excluding carboxylic acids is 1. The van der Waals surface area contributed by atoms with Crippen molar-refractivity contribution in [2.45, 2.75) is 110 Å². The Morgan fingerprint density at radius 3 is 1.48 bits per heavy atom. The van der Waals surface area contributed by atoms with E-state index in [1.54, 1.807) is 4.90 Å². The molecule has 0 heterocycles. The highest BCUT2D eigenvalue weighted by Gasteiger charge is 2.18. The fourth-order valence-corrected chi connectivity index (χ4v) is 3.54. The van der Waals surface area contributed by atoms with Crippen molar-refractivity contribution in [2.24, 2.45) is 11.7 Å². The molecule has 0 spiro atoms. The van der Waals surface area contributed by atoms with E-state index in [2.05, 4.69) is 6.92 Å². The maximum absolute atomic E-state index is 12.1. The highest BCUT2D eigenvalue weighted by Crippen LogP contribution is 2.17. The zero-order chi connectivity index (χ0) is 18.8. The Morgan fingerprint density at radius 2 is 1.12 bits per heavy atom. The van der Waals surface area contributed by atoms with Gasteiger partial charge in [0.1, 0.15) is 0 Å². The van der Waals surface area contributed by atoms with Gasteiger partial charge < -0.3 is 10.6 Å². The van der Waals surface area contributed by atoms with Crippen molar-refractivity contribution < 1.29 is 4.79 Å². The summed E-state index contributed by atoms with van der Waals surface area (Å²) in [6.07, 6.45) is 21.1. The summed E-state index contributed by atoms with van der Waals surface area (Å²) in [6.45, 7) is 2.89. The van der Waals surface area contributed by atoms with Crippen molar-refractivity contribution in [1.29, 1.82) is 0 Å². The van der Waals surface area contributed by atoms with Crippen molar-refractivity contribution in [2.75, 3.05) is 20.6 Å². The van der Waals surface area contributed by atoms with Crippen LogP contribution in [0, 0.1) is 5.92 Å². The number of carbonyl (C=O) groups is 1. The first kappa shape index (κ1) is 24.4. The minimum atomic E-state index is 0.136. The number of nitrogens with two attached hydrogens (primary N) is 1. The van der Waals surface area contributed by atoms with Gasteiger partial charge in [-0.1, -0.05) is 96.8 Å². The first-order valence-electron chi connectivity index (χ1n) is 11.0. The topological polar surface area (TPSA) is 46.3 Å². The molecule has 0 aliphatic rings. The van der Waals surface area contributed by atoms with E-state index < -0.39 is 0 Å². The second-order valence-corrected chi connectivity index (χ2v) is 7.89. The average Bonchev–Trinajstić information content (AvgIpc) is 2.60. The van der Waals surface area contributed by atoms with E-state index in [1.165, 1.54) is 89.9 Å². The number of amides is 1. The molecule has 0 saturated heterocycles. The van der Waals surface area contributed by atoms with Crippen LogP contribution in [0.1, 0.15) is 110 Å². The Hall–Kier alpha value is -0.570. The summed E-state index contributed by atoms with van der Waals surface area (Å²) < 4.78 is 0. The first-order chi connectivity index (χ1) is 12.1. The molecule has 3 nitrogen and oxygen atoms in total. The van der Waals surface area contributed by atoms with Gasteiger partial charge in [-0.3, -0.25) is 4.79 Å². The largest absolute Gasteiger partial charge is 0.349 e. The van der Waals surface area contributed by atoms with E-state index in [0.29, 0.717) is 6.54 Å². The average molecular weight is 355 g/mol. The van der Waals surface area contributed by atoms with Gasteiger partial charge in [0.15, 0.2) is 0 Å². The molecule has 0 saturated carbocycles. The summed E-state index contributed by atoms with van der Waals surface area (Å²) in [5.41, 5.74) is 5.65.